The van der Waals surface area contributed by atoms with Crippen molar-refractivity contribution in [3.63, 3.8) is 0 Å². The van der Waals surface area contributed by atoms with Crippen molar-refractivity contribution in [3.05, 3.63) is 84.4 Å². The van der Waals surface area contributed by atoms with Crippen LogP contribution in [0.1, 0.15) is 50.5 Å². The maximum absolute atomic E-state index is 16.2. The van der Waals surface area contributed by atoms with Crippen LogP contribution in [0.2, 0.25) is 0 Å². The molecule has 0 spiro atoms. The molecule has 272 valence electrons. The van der Waals surface area contributed by atoms with Crippen LogP contribution in [-0.2, 0) is 25.5 Å². The first-order valence-corrected chi connectivity index (χ1v) is 17.7. The number of nitrogens with one attached hydrogen (secondary N) is 1. The molecule has 1 atom stereocenters. The van der Waals surface area contributed by atoms with E-state index in [1.165, 1.54) is 60.6 Å². The summed E-state index contributed by atoms with van der Waals surface area (Å²) in [4.78, 5) is 23.5. The largest absolute Gasteiger partial charge is 0.493 e. The minimum Gasteiger partial charge on any atom is -0.493 e. The molecule has 1 aliphatic carbocycles. The van der Waals surface area contributed by atoms with Gasteiger partial charge < -0.3 is 20.5 Å². The maximum Gasteiger partial charge on any atom is 0.490 e. The zero-order valence-corrected chi connectivity index (χ0v) is 27.9. The number of piperidine rings is 1. The fourth-order valence-electron chi connectivity index (χ4n) is 5.77. The van der Waals surface area contributed by atoms with Crippen LogP contribution in [0.3, 0.4) is 0 Å². The third-order valence-electron chi connectivity index (χ3n) is 8.70. The highest BCUT2D eigenvalue weighted by atomic mass is 32.2. The first-order valence-electron chi connectivity index (χ1n) is 16.2. The molecule has 1 amide bonds. The number of alkyl halides is 5. The van der Waals surface area contributed by atoms with E-state index in [-0.39, 0.29) is 24.0 Å². The average Bonchev–Trinajstić information content (AvgIpc) is 3.10. The van der Waals surface area contributed by atoms with E-state index in [4.69, 9.17) is 20.4 Å². The number of hydrogen-bond donors (Lipinski definition) is 3. The monoisotopic (exact) mass is 725 g/mol. The third kappa shape index (κ3) is 10.5. The molecule has 5 rings (SSSR count). The Morgan fingerprint density at radius 1 is 0.840 bits per heavy atom. The smallest absolute Gasteiger partial charge is 0.490 e. The Bertz CT molecular complexity index is 1660. The number of carboxylic acids is 1. The number of rotatable bonds is 10. The molecule has 2 aliphatic rings. The number of aliphatic carboxylic acids is 1. The second-order valence-corrected chi connectivity index (χ2v) is 14.1. The van der Waals surface area contributed by atoms with E-state index in [1.807, 2.05) is 30.3 Å². The highest BCUT2D eigenvalue weighted by Crippen LogP contribution is 2.36. The Morgan fingerprint density at radius 3 is 1.92 bits per heavy atom. The van der Waals surface area contributed by atoms with Crippen LogP contribution in [0.15, 0.2) is 83.8 Å². The van der Waals surface area contributed by atoms with Gasteiger partial charge in [-0.15, -0.1) is 0 Å². The minimum atomic E-state index is -5.08. The first kappa shape index (κ1) is 38.7. The fourth-order valence-corrected chi connectivity index (χ4v) is 6.96. The fraction of sp³-hybridized carbons (Fsp3) is 0.429. The van der Waals surface area contributed by atoms with Gasteiger partial charge in [-0.3, -0.25) is 4.79 Å². The standard InChI is InChI=1S/C33H39F2N3O4S.C2HF3O2/c34-33(35,27-13-11-26(12-14-27)25-9-5-2-6-10-25)31(32(39)38-21-19-28(36)20-22-38)37-43(40,41)30-17-15-29(16-18-30)42-23-24-7-3-1-4-8-24;3-2(4,5)1(6)7/h2,5-6,9-18,24,28,31,37H,1,3-4,7-8,19-23,36H2;(H,6,7). The van der Waals surface area contributed by atoms with E-state index < -0.39 is 45.6 Å². The lowest BCUT2D eigenvalue weighted by Gasteiger charge is -2.35. The van der Waals surface area contributed by atoms with Crippen molar-refractivity contribution >= 4 is 21.9 Å². The van der Waals surface area contributed by atoms with Gasteiger partial charge in [0, 0.05) is 24.7 Å². The summed E-state index contributed by atoms with van der Waals surface area (Å²) < 4.78 is 99.0. The van der Waals surface area contributed by atoms with Crippen molar-refractivity contribution in [3.8, 4) is 16.9 Å². The molecule has 3 aromatic carbocycles. The van der Waals surface area contributed by atoms with Gasteiger partial charge in [0.15, 0.2) is 6.04 Å². The Kier molecular flexibility index (Phi) is 13.0. The molecular formula is C35H40F5N3O6S. The third-order valence-corrected chi connectivity index (χ3v) is 10.1. The van der Waals surface area contributed by atoms with Gasteiger partial charge >= 0.3 is 12.1 Å². The molecule has 1 saturated carbocycles. The predicted octanol–water partition coefficient (Wildman–Crippen LogP) is 6.33. The number of hydrogen-bond acceptors (Lipinski definition) is 6. The van der Waals surface area contributed by atoms with Crippen molar-refractivity contribution in [2.24, 2.45) is 11.7 Å². The number of benzene rings is 3. The number of carbonyl (C=O) groups is 2. The zero-order chi connectivity index (χ0) is 36.5. The van der Waals surface area contributed by atoms with E-state index >= 15 is 8.78 Å². The number of halogens is 5. The number of carboxylic acid groups (broad SMARTS) is 1. The van der Waals surface area contributed by atoms with Crippen LogP contribution >= 0.6 is 0 Å². The maximum atomic E-state index is 16.2. The molecular weight excluding hydrogens is 685 g/mol. The summed E-state index contributed by atoms with van der Waals surface area (Å²) in [5.41, 5.74) is 7.06. The van der Waals surface area contributed by atoms with Crippen molar-refractivity contribution in [2.45, 2.75) is 74.0 Å². The second kappa shape index (κ2) is 16.8. The van der Waals surface area contributed by atoms with Crippen LogP contribution < -0.4 is 15.2 Å². The van der Waals surface area contributed by atoms with Gasteiger partial charge in [0.1, 0.15) is 5.75 Å². The Morgan fingerprint density at radius 2 is 1.38 bits per heavy atom. The minimum absolute atomic E-state index is 0.135. The van der Waals surface area contributed by atoms with Gasteiger partial charge in [0.05, 0.1) is 11.5 Å². The number of amides is 1. The SMILES string of the molecule is NC1CCN(C(=O)C(NS(=O)(=O)c2ccc(OCC3CCCCC3)cc2)C(F)(F)c2ccc(-c3ccccc3)cc2)CC1.O=C(O)C(F)(F)F. The van der Waals surface area contributed by atoms with Crippen molar-refractivity contribution in [1.82, 2.24) is 9.62 Å². The highest BCUT2D eigenvalue weighted by Gasteiger charge is 2.50. The van der Waals surface area contributed by atoms with Crippen LogP contribution in [0.25, 0.3) is 11.1 Å². The second-order valence-electron chi connectivity index (χ2n) is 12.4. The van der Waals surface area contributed by atoms with E-state index in [1.54, 1.807) is 12.1 Å². The zero-order valence-electron chi connectivity index (χ0n) is 27.1. The molecule has 0 radical (unpaired) electrons. The summed E-state index contributed by atoms with van der Waals surface area (Å²) in [5.74, 6) is -6.61. The average molecular weight is 726 g/mol. The summed E-state index contributed by atoms with van der Waals surface area (Å²) >= 11 is 0. The van der Waals surface area contributed by atoms with Crippen molar-refractivity contribution in [2.75, 3.05) is 19.7 Å². The lowest BCUT2D eigenvalue weighted by Crippen LogP contribution is -2.57. The van der Waals surface area contributed by atoms with Crippen LogP contribution in [0, 0.1) is 5.92 Å². The number of sulfonamides is 1. The molecule has 0 aromatic heterocycles. The van der Waals surface area contributed by atoms with E-state index in [2.05, 4.69) is 4.72 Å². The molecule has 1 saturated heterocycles. The first-order chi connectivity index (χ1) is 23.6. The molecule has 50 heavy (non-hydrogen) atoms. The summed E-state index contributed by atoms with van der Waals surface area (Å²) in [6.07, 6.45) is 1.64. The Hall–Kier alpha value is -4.08. The summed E-state index contributed by atoms with van der Waals surface area (Å²) in [5, 5.41) is 7.12. The number of ether oxygens (including phenoxy) is 1. The van der Waals surface area contributed by atoms with Crippen molar-refractivity contribution in [1.29, 1.82) is 0 Å². The van der Waals surface area contributed by atoms with Gasteiger partial charge in [-0.05, 0) is 67.0 Å². The van der Waals surface area contributed by atoms with Gasteiger partial charge in [-0.1, -0.05) is 73.9 Å². The lowest BCUT2D eigenvalue weighted by molar-refractivity contribution is -0.192. The topological polar surface area (TPSA) is 139 Å². The molecule has 1 aliphatic heterocycles. The molecule has 3 aromatic rings. The molecule has 1 unspecified atom stereocenters. The van der Waals surface area contributed by atoms with Gasteiger partial charge in [-0.2, -0.15) is 26.7 Å². The molecule has 1 heterocycles. The predicted molar refractivity (Wildman–Crippen MR) is 176 cm³/mol. The van der Waals surface area contributed by atoms with Crippen LogP contribution in [0.4, 0.5) is 22.0 Å². The van der Waals surface area contributed by atoms with E-state index in [0.29, 0.717) is 31.1 Å². The molecule has 2 fully saturated rings. The normalized spacial score (nSPS) is 17.0. The van der Waals surface area contributed by atoms with Gasteiger partial charge in [-0.25, -0.2) is 13.2 Å². The van der Waals surface area contributed by atoms with Gasteiger partial charge in [0.25, 0.3) is 5.92 Å². The quantitative estimate of drug-likeness (QED) is 0.208. The Labute approximate surface area is 287 Å². The van der Waals surface area contributed by atoms with Gasteiger partial charge in [0.2, 0.25) is 15.9 Å². The van der Waals surface area contributed by atoms with E-state index in [0.717, 1.165) is 24.0 Å². The number of carbonyl (C=O) groups excluding carboxylic acids is 1. The molecule has 0 bridgehead atoms. The highest BCUT2D eigenvalue weighted by molar-refractivity contribution is 7.89. The van der Waals surface area contributed by atoms with E-state index in [9.17, 15) is 26.4 Å². The molecule has 4 N–H and O–H groups in total. The Balaban J connectivity index is 0.000000727. The number of nitrogens with zero attached hydrogens (tertiary/aromatic N) is 1. The summed E-state index contributed by atoms with van der Waals surface area (Å²) in [7, 11) is -4.51. The lowest BCUT2D eigenvalue weighted by atomic mass is 9.90. The number of nitrogens with two attached hydrogens (primary N) is 1. The molecule has 15 heteroatoms. The summed E-state index contributed by atoms with van der Waals surface area (Å²) in [6.45, 7) is 0.901. The number of likely N-dealkylation sites (tertiary alicyclic amines) is 1. The van der Waals surface area contributed by atoms with Crippen LogP contribution in [-0.4, -0.2) is 68.3 Å². The van der Waals surface area contributed by atoms with Crippen LogP contribution in [0.5, 0.6) is 5.75 Å². The summed E-state index contributed by atoms with van der Waals surface area (Å²) in [6, 6.07) is 18.0. The molecule has 9 nitrogen and oxygen atoms in total. The van der Waals surface area contributed by atoms with Crippen molar-refractivity contribution < 1.29 is 49.8 Å².